The third-order valence-electron chi connectivity index (χ3n) is 4.61. The zero-order valence-corrected chi connectivity index (χ0v) is 19.1. The molecule has 1 atom stereocenters. The van der Waals surface area contributed by atoms with Gasteiger partial charge in [0.05, 0.1) is 0 Å². The molecule has 0 radical (unpaired) electrons. The van der Waals surface area contributed by atoms with E-state index in [1.807, 2.05) is 23.9 Å². The van der Waals surface area contributed by atoms with E-state index in [2.05, 4.69) is 60.5 Å². The van der Waals surface area contributed by atoms with Gasteiger partial charge in [-0.05, 0) is 48.2 Å². The first-order valence-electron chi connectivity index (χ1n) is 9.10. The van der Waals surface area contributed by atoms with Gasteiger partial charge in [-0.15, -0.1) is 24.8 Å². The van der Waals surface area contributed by atoms with Crippen molar-refractivity contribution >= 4 is 48.2 Å². The summed E-state index contributed by atoms with van der Waals surface area (Å²) in [4.78, 5) is 5.24. The molecule has 1 aliphatic rings. The first kappa shape index (κ1) is 24.6. The van der Waals surface area contributed by atoms with Gasteiger partial charge in [0, 0.05) is 47.0 Å². The average Bonchev–Trinajstić information content (AvgIpc) is 2.63. The minimum absolute atomic E-state index is 0. The summed E-state index contributed by atoms with van der Waals surface area (Å²) in [5.74, 6) is 0.675. The summed E-state index contributed by atoms with van der Waals surface area (Å²) in [6.45, 7) is 9.06. The molecule has 2 aromatic carbocycles. The van der Waals surface area contributed by atoms with Crippen LogP contribution in [0, 0.1) is 5.92 Å². The van der Waals surface area contributed by atoms with Crippen LogP contribution in [0.5, 0.6) is 0 Å². The van der Waals surface area contributed by atoms with Gasteiger partial charge in [0.15, 0.2) is 0 Å². The third-order valence-corrected chi connectivity index (χ3v) is 5.96. The summed E-state index contributed by atoms with van der Waals surface area (Å²) in [7, 11) is 0. The van der Waals surface area contributed by atoms with E-state index in [-0.39, 0.29) is 24.8 Å². The largest absolute Gasteiger partial charge is 0.314 e. The first-order valence-corrected chi connectivity index (χ1v) is 10.3. The van der Waals surface area contributed by atoms with Gasteiger partial charge in [-0.25, -0.2) is 0 Å². The van der Waals surface area contributed by atoms with Gasteiger partial charge in [0.25, 0.3) is 0 Å². The molecule has 0 amide bonds. The van der Waals surface area contributed by atoms with Crippen LogP contribution >= 0.6 is 48.2 Å². The van der Waals surface area contributed by atoms with Crippen molar-refractivity contribution in [2.45, 2.75) is 36.1 Å². The molecule has 3 rings (SSSR count). The summed E-state index contributed by atoms with van der Waals surface area (Å²) in [5, 5.41) is 4.26. The van der Waals surface area contributed by atoms with Gasteiger partial charge in [0.1, 0.15) is 0 Å². The quantitative estimate of drug-likeness (QED) is 0.557. The van der Waals surface area contributed by atoms with Crippen LogP contribution in [0.3, 0.4) is 0 Å². The fraction of sp³-hybridized carbons (Fsp3) is 0.429. The van der Waals surface area contributed by atoms with Gasteiger partial charge >= 0.3 is 0 Å². The highest BCUT2D eigenvalue weighted by molar-refractivity contribution is 7.99. The number of nitrogens with one attached hydrogen (secondary N) is 1. The number of rotatable bonds is 6. The molecule has 6 heteroatoms. The van der Waals surface area contributed by atoms with E-state index >= 15 is 0 Å². The Bertz CT molecular complexity index is 673. The SMILES string of the molecule is CC(C)C[C@@H](c1ccccc1Sc1ccc(Cl)cc1)N1CCNCC1.Cl.Cl. The highest BCUT2D eigenvalue weighted by Gasteiger charge is 2.25. The predicted octanol–water partition coefficient (Wildman–Crippen LogP) is 6.33. The van der Waals surface area contributed by atoms with Crippen LogP contribution in [0.2, 0.25) is 5.02 Å². The topological polar surface area (TPSA) is 15.3 Å². The lowest BCUT2D eigenvalue weighted by atomic mass is 9.95. The average molecular weight is 448 g/mol. The van der Waals surface area contributed by atoms with Crippen molar-refractivity contribution in [3.8, 4) is 0 Å². The predicted molar refractivity (Wildman–Crippen MR) is 123 cm³/mol. The zero-order valence-electron chi connectivity index (χ0n) is 15.9. The smallest absolute Gasteiger partial charge is 0.0406 e. The summed E-state index contributed by atoms with van der Waals surface area (Å²) in [6, 6.07) is 17.5. The number of hydrogen-bond acceptors (Lipinski definition) is 3. The first-order chi connectivity index (χ1) is 12.1. The Morgan fingerprint density at radius 2 is 1.63 bits per heavy atom. The molecule has 2 nitrogen and oxygen atoms in total. The lowest BCUT2D eigenvalue weighted by molar-refractivity contribution is 0.152. The van der Waals surface area contributed by atoms with Gasteiger partial charge < -0.3 is 5.32 Å². The van der Waals surface area contributed by atoms with E-state index in [1.54, 1.807) is 0 Å². The monoisotopic (exact) mass is 446 g/mol. The van der Waals surface area contributed by atoms with E-state index in [9.17, 15) is 0 Å². The van der Waals surface area contributed by atoms with Crippen LogP contribution in [0.15, 0.2) is 58.3 Å². The number of benzene rings is 2. The normalized spacial score (nSPS) is 15.7. The molecule has 0 spiro atoms. The van der Waals surface area contributed by atoms with Gasteiger partial charge in [-0.1, -0.05) is 55.4 Å². The molecule has 150 valence electrons. The molecule has 2 aromatic rings. The Balaban J connectivity index is 0.00000182. The Morgan fingerprint density at radius 3 is 2.26 bits per heavy atom. The second-order valence-electron chi connectivity index (χ2n) is 7.03. The van der Waals surface area contributed by atoms with Crippen LogP contribution in [-0.4, -0.2) is 31.1 Å². The molecule has 0 unspecified atom stereocenters. The van der Waals surface area contributed by atoms with E-state index in [4.69, 9.17) is 11.6 Å². The van der Waals surface area contributed by atoms with E-state index in [1.165, 1.54) is 21.8 Å². The van der Waals surface area contributed by atoms with Crippen LogP contribution in [0.4, 0.5) is 0 Å². The lowest BCUT2D eigenvalue weighted by Gasteiger charge is -2.37. The minimum Gasteiger partial charge on any atom is -0.314 e. The second-order valence-corrected chi connectivity index (χ2v) is 8.58. The van der Waals surface area contributed by atoms with E-state index in [0.717, 1.165) is 31.2 Å². The second kappa shape index (κ2) is 12.2. The fourth-order valence-corrected chi connectivity index (χ4v) is 4.51. The summed E-state index contributed by atoms with van der Waals surface area (Å²) >= 11 is 7.87. The van der Waals surface area contributed by atoms with Crippen molar-refractivity contribution in [3.63, 3.8) is 0 Å². The van der Waals surface area contributed by atoms with E-state index < -0.39 is 0 Å². The number of halogens is 3. The molecule has 1 heterocycles. The molecular weight excluding hydrogens is 419 g/mol. The molecule has 0 bridgehead atoms. The molecule has 0 aliphatic carbocycles. The Hall–Kier alpha value is -0.420. The van der Waals surface area contributed by atoms with Crippen LogP contribution in [0.1, 0.15) is 31.9 Å². The van der Waals surface area contributed by atoms with Crippen LogP contribution < -0.4 is 5.32 Å². The number of hydrogen-bond donors (Lipinski definition) is 1. The third kappa shape index (κ3) is 7.16. The van der Waals surface area contributed by atoms with Crippen molar-refractivity contribution in [2.75, 3.05) is 26.2 Å². The highest BCUT2D eigenvalue weighted by Crippen LogP contribution is 2.38. The van der Waals surface area contributed by atoms with Crippen molar-refractivity contribution in [3.05, 3.63) is 59.1 Å². The highest BCUT2D eigenvalue weighted by atomic mass is 35.5. The van der Waals surface area contributed by atoms with Gasteiger partial charge in [-0.3, -0.25) is 4.90 Å². The van der Waals surface area contributed by atoms with Crippen molar-refractivity contribution < 1.29 is 0 Å². The maximum Gasteiger partial charge on any atom is 0.0406 e. The lowest BCUT2D eigenvalue weighted by Crippen LogP contribution is -2.45. The zero-order chi connectivity index (χ0) is 17.6. The summed E-state index contributed by atoms with van der Waals surface area (Å²) in [5.41, 5.74) is 1.46. The molecular formula is C21H29Cl3N2S. The molecule has 1 N–H and O–H groups in total. The fourth-order valence-electron chi connectivity index (χ4n) is 3.39. The van der Waals surface area contributed by atoms with Crippen molar-refractivity contribution in [1.82, 2.24) is 10.2 Å². The standard InChI is InChI=1S/C21H27ClN2S.2ClH/c1-16(2)15-20(24-13-11-23-12-14-24)19-5-3-4-6-21(19)25-18-9-7-17(22)8-10-18;;/h3-10,16,20,23H,11-15H2,1-2H3;2*1H/t20-;;/m0../s1. The van der Waals surface area contributed by atoms with E-state index in [0.29, 0.717) is 12.0 Å². The molecule has 1 aliphatic heterocycles. The summed E-state index contributed by atoms with van der Waals surface area (Å²) in [6.07, 6.45) is 1.19. The number of piperazine rings is 1. The molecule has 1 fully saturated rings. The minimum atomic E-state index is 0. The Labute approximate surface area is 185 Å². The maximum atomic E-state index is 6.03. The van der Waals surface area contributed by atoms with Crippen molar-refractivity contribution in [1.29, 1.82) is 0 Å². The number of nitrogens with zero attached hydrogens (tertiary/aromatic N) is 1. The van der Waals surface area contributed by atoms with Gasteiger partial charge in [-0.2, -0.15) is 0 Å². The Morgan fingerprint density at radius 1 is 1.00 bits per heavy atom. The maximum absolute atomic E-state index is 6.03. The van der Waals surface area contributed by atoms with Crippen LogP contribution in [0.25, 0.3) is 0 Å². The molecule has 0 aromatic heterocycles. The molecule has 27 heavy (non-hydrogen) atoms. The van der Waals surface area contributed by atoms with Crippen molar-refractivity contribution in [2.24, 2.45) is 5.92 Å². The molecule has 1 saturated heterocycles. The van der Waals surface area contributed by atoms with Crippen LogP contribution in [-0.2, 0) is 0 Å². The Kier molecular flexibility index (Phi) is 11.1. The summed E-state index contributed by atoms with van der Waals surface area (Å²) < 4.78 is 0. The van der Waals surface area contributed by atoms with Gasteiger partial charge in [0.2, 0.25) is 0 Å². The molecule has 0 saturated carbocycles.